The number of furan rings is 1. The molecule has 1 saturated heterocycles. The molecule has 126 valence electrons. The lowest BCUT2D eigenvalue weighted by Crippen LogP contribution is -2.42. The Balaban J connectivity index is 1.56. The van der Waals surface area contributed by atoms with Crippen LogP contribution >= 0.6 is 0 Å². The van der Waals surface area contributed by atoms with Crippen LogP contribution in [-0.4, -0.2) is 34.5 Å². The molecule has 1 fully saturated rings. The molecule has 0 spiro atoms. The van der Waals surface area contributed by atoms with Gasteiger partial charge in [-0.1, -0.05) is 30.3 Å². The van der Waals surface area contributed by atoms with Gasteiger partial charge in [0, 0.05) is 6.54 Å². The zero-order valence-corrected chi connectivity index (χ0v) is 13.3. The molecular weight excluding hydrogens is 308 g/mol. The first-order chi connectivity index (χ1) is 11.6. The molecule has 1 aromatic heterocycles. The smallest absolute Gasteiger partial charge is 0.371 e. The van der Waals surface area contributed by atoms with Crippen molar-refractivity contribution in [2.45, 2.75) is 32.0 Å². The second kappa shape index (κ2) is 7.31. The number of likely N-dealkylation sites (tertiary alicyclic amines) is 1. The molecule has 1 unspecified atom stereocenters. The summed E-state index contributed by atoms with van der Waals surface area (Å²) in [6.45, 7) is 1.85. The number of aromatic carboxylic acids is 1. The lowest BCUT2D eigenvalue weighted by atomic mass is 10.1. The minimum atomic E-state index is -1.11. The summed E-state index contributed by atoms with van der Waals surface area (Å²) in [7, 11) is 0. The summed E-state index contributed by atoms with van der Waals surface area (Å²) >= 11 is 0. The predicted octanol–water partition coefficient (Wildman–Crippen LogP) is 2.26. The van der Waals surface area contributed by atoms with Crippen LogP contribution in [-0.2, 0) is 17.9 Å². The molecule has 2 N–H and O–H groups in total. The van der Waals surface area contributed by atoms with Crippen molar-refractivity contribution in [3.8, 4) is 0 Å². The van der Waals surface area contributed by atoms with Gasteiger partial charge in [-0.15, -0.1) is 0 Å². The van der Waals surface area contributed by atoms with Crippen LogP contribution < -0.4 is 5.32 Å². The molecule has 0 saturated carbocycles. The minimum Gasteiger partial charge on any atom is -0.475 e. The maximum Gasteiger partial charge on any atom is 0.371 e. The van der Waals surface area contributed by atoms with E-state index >= 15 is 0 Å². The second-order valence-electron chi connectivity index (χ2n) is 5.90. The summed E-state index contributed by atoms with van der Waals surface area (Å²) in [4.78, 5) is 25.4. The first-order valence-corrected chi connectivity index (χ1v) is 8.01. The number of carbonyl (C=O) groups is 2. The van der Waals surface area contributed by atoms with E-state index in [0.717, 1.165) is 25.9 Å². The fraction of sp³-hybridized carbons (Fsp3) is 0.333. The zero-order chi connectivity index (χ0) is 16.9. The highest BCUT2D eigenvalue weighted by Crippen LogP contribution is 2.20. The van der Waals surface area contributed by atoms with Crippen molar-refractivity contribution in [2.24, 2.45) is 0 Å². The Morgan fingerprint density at radius 1 is 1.21 bits per heavy atom. The van der Waals surface area contributed by atoms with Gasteiger partial charge in [-0.05, 0) is 37.1 Å². The van der Waals surface area contributed by atoms with Crippen molar-refractivity contribution in [3.63, 3.8) is 0 Å². The summed E-state index contributed by atoms with van der Waals surface area (Å²) in [6, 6.07) is 12.9. The van der Waals surface area contributed by atoms with Crippen molar-refractivity contribution < 1.29 is 19.1 Å². The van der Waals surface area contributed by atoms with Gasteiger partial charge in [0.15, 0.2) is 0 Å². The van der Waals surface area contributed by atoms with Gasteiger partial charge >= 0.3 is 5.97 Å². The van der Waals surface area contributed by atoms with Crippen LogP contribution in [0.15, 0.2) is 46.9 Å². The molecule has 3 rings (SSSR count). The molecule has 0 aliphatic carbocycles. The molecule has 1 aliphatic heterocycles. The Kier molecular flexibility index (Phi) is 4.96. The van der Waals surface area contributed by atoms with E-state index in [0.29, 0.717) is 5.76 Å². The normalized spacial score (nSPS) is 17.8. The number of amides is 1. The Morgan fingerprint density at radius 3 is 2.71 bits per heavy atom. The van der Waals surface area contributed by atoms with E-state index in [1.807, 2.05) is 18.2 Å². The van der Waals surface area contributed by atoms with Crippen LogP contribution in [0.4, 0.5) is 0 Å². The summed E-state index contributed by atoms with van der Waals surface area (Å²) in [5.74, 6) is -0.840. The molecule has 2 aromatic rings. The average molecular weight is 328 g/mol. The fourth-order valence-corrected chi connectivity index (χ4v) is 3.01. The number of hydrogen-bond donors (Lipinski definition) is 2. The van der Waals surface area contributed by atoms with E-state index in [4.69, 9.17) is 9.52 Å². The Hall–Kier alpha value is -2.60. The first kappa shape index (κ1) is 16.3. The van der Waals surface area contributed by atoms with Gasteiger partial charge in [0.05, 0.1) is 12.6 Å². The van der Waals surface area contributed by atoms with E-state index < -0.39 is 5.97 Å². The molecule has 0 bridgehead atoms. The number of hydrogen-bond acceptors (Lipinski definition) is 4. The summed E-state index contributed by atoms with van der Waals surface area (Å²) in [5, 5.41) is 11.7. The van der Waals surface area contributed by atoms with Crippen LogP contribution in [0.25, 0.3) is 0 Å². The lowest BCUT2D eigenvalue weighted by Gasteiger charge is -2.23. The van der Waals surface area contributed by atoms with Crippen LogP contribution in [0.1, 0.15) is 34.7 Å². The third-order valence-electron chi connectivity index (χ3n) is 4.20. The number of rotatable bonds is 6. The van der Waals surface area contributed by atoms with Gasteiger partial charge in [0.1, 0.15) is 5.76 Å². The minimum absolute atomic E-state index is 0.0447. The van der Waals surface area contributed by atoms with Crippen molar-refractivity contribution in [3.05, 3.63) is 59.5 Å². The maximum absolute atomic E-state index is 12.4. The lowest BCUT2D eigenvalue weighted by molar-refractivity contribution is -0.125. The Bertz CT molecular complexity index is 711. The van der Waals surface area contributed by atoms with Crippen LogP contribution in [0.3, 0.4) is 0 Å². The second-order valence-corrected chi connectivity index (χ2v) is 5.90. The fourth-order valence-electron chi connectivity index (χ4n) is 3.01. The predicted molar refractivity (Wildman–Crippen MR) is 87.4 cm³/mol. The van der Waals surface area contributed by atoms with Crippen molar-refractivity contribution in [2.75, 3.05) is 6.54 Å². The van der Waals surface area contributed by atoms with Crippen molar-refractivity contribution >= 4 is 11.9 Å². The molecule has 1 amide bonds. The van der Waals surface area contributed by atoms with Gasteiger partial charge in [-0.3, -0.25) is 9.69 Å². The molecule has 6 heteroatoms. The highest BCUT2D eigenvalue weighted by atomic mass is 16.4. The Labute approximate surface area is 140 Å². The third-order valence-corrected chi connectivity index (χ3v) is 4.20. The molecule has 1 aromatic carbocycles. The molecule has 1 aliphatic rings. The Morgan fingerprint density at radius 2 is 2.00 bits per heavy atom. The number of nitrogens with one attached hydrogen (secondary N) is 1. The van der Waals surface area contributed by atoms with E-state index in [1.54, 1.807) is 6.07 Å². The van der Waals surface area contributed by atoms with Crippen LogP contribution in [0.2, 0.25) is 0 Å². The molecule has 1 atom stereocenters. The molecule has 0 radical (unpaired) electrons. The SMILES string of the molecule is O=C(O)c1ccc(CNC(=O)C2CCCN2Cc2ccccc2)o1. The van der Waals surface area contributed by atoms with Gasteiger partial charge in [-0.2, -0.15) is 0 Å². The molecular formula is C18H20N2O4. The standard InChI is InChI=1S/C18H20N2O4/c21-17(19-11-14-8-9-16(24-14)18(22)23)15-7-4-10-20(15)12-13-5-2-1-3-6-13/h1-3,5-6,8-9,15H,4,7,10-12H2,(H,19,21)(H,22,23). The quantitative estimate of drug-likeness (QED) is 0.850. The largest absolute Gasteiger partial charge is 0.475 e. The number of benzene rings is 1. The third kappa shape index (κ3) is 3.83. The van der Waals surface area contributed by atoms with Gasteiger partial charge in [0.25, 0.3) is 0 Å². The summed E-state index contributed by atoms with van der Waals surface area (Å²) in [6.07, 6.45) is 1.83. The van der Waals surface area contributed by atoms with Crippen LogP contribution in [0, 0.1) is 0 Å². The molecule has 6 nitrogen and oxygen atoms in total. The number of carboxylic acids is 1. The first-order valence-electron chi connectivity index (χ1n) is 8.01. The van der Waals surface area contributed by atoms with Gasteiger partial charge in [-0.25, -0.2) is 4.79 Å². The number of nitrogens with zero attached hydrogens (tertiary/aromatic N) is 1. The number of carbonyl (C=O) groups excluding carboxylic acids is 1. The van der Waals surface area contributed by atoms with E-state index in [-0.39, 0.29) is 24.3 Å². The van der Waals surface area contributed by atoms with Crippen molar-refractivity contribution in [1.82, 2.24) is 10.2 Å². The number of carboxylic acid groups (broad SMARTS) is 1. The highest BCUT2D eigenvalue weighted by molar-refractivity contribution is 5.84. The average Bonchev–Trinajstić information content (AvgIpc) is 3.23. The monoisotopic (exact) mass is 328 g/mol. The molecule has 2 heterocycles. The van der Waals surface area contributed by atoms with E-state index in [9.17, 15) is 9.59 Å². The topological polar surface area (TPSA) is 82.8 Å². The summed E-state index contributed by atoms with van der Waals surface area (Å²) < 4.78 is 5.15. The van der Waals surface area contributed by atoms with Gasteiger partial charge in [0.2, 0.25) is 11.7 Å². The highest BCUT2D eigenvalue weighted by Gasteiger charge is 2.30. The van der Waals surface area contributed by atoms with Crippen LogP contribution in [0.5, 0.6) is 0 Å². The summed E-state index contributed by atoms with van der Waals surface area (Å²) in [5.41, 5.74) is 1.19. The zero-order valence-electron chi connectivity index (χ0n) is 13.3. The van der Waals surface area contributed by atoms with E-state index in [2.05, 4.69) is 22.3 Å². The van der Waals surface area contributed by atoms with Crippen molar-refractivity contribution in [1.29, 1.82) is 0 Å². The van der Waals surface area contributed by atoms with E-state index in [1.165, 1.54) is 11.6 Å². The maximum atomic E-state index is 12.4. The molecule has 24 heavy (non-hydrogen) atoms. The van der Waals surface area contributed by atoms with Gasteiger partial charge < -0.3 is 14.8 Å².